The Kier molecular flexibility index (Phi) is 3.51. The summed E-state index contributed by atoms with van der Waals surface area (Å²) in [5.41, 5.74) is 4.51. The van der Waals surface area contributed by atoms with Crippen LogP contribution in [0.15, 0.2) is 18.2 Å². The molecule has 0 heterocycles. The van der Waals surface area contributed by atoms with Crippen molar-refractivity contribution in [3.8, 4) is 6.07 Å². The molecule has 0 atom stereocenters. The Hall–Kier alpha value is -1.75. The van der Waals surface area contributed by atoms with Gasteiger partial charge in [-0.25, -0.2) is 0 Å². The van der Waals surface area contributed by atoms with Crippen molar-refractivity contribution in [2.24, 2.45) is 0 Å². The summed E-state index contributed by atoms with van der Waals surface area (Å²) in [7, 11) is 1.59. The van der Waals surface area contributed by atoms with Crippen LogP contribution in [-0.2, 0) is 4.74 Å². The second-order valence-electron chi connectivity index (χ2n) is 3.62. The van der Waals surface area contributed by atoms with E-state index in [2.05, 4.69) is 19.1 Å². The molecule has 0 N–H and O–H groups in total. The van der Waals surface area contributed by atoms with E-state index >= 15 is 0 Å². The molecule has 2 heteroatoms. The van der Waals surface area contributed by atoms with Crippen LogP contribution < -0.4 is 0 Å². The molecule has 1 aromatic rings. The van der Waals surface area contributed by atoms with Gasteiger partial charge in [0.1, 0.15) is 5.76 Å². The first-order valence-corrected chi connectivity index (χ1v) is 4.82. The van der Waals surface area contributed by atoms with Gasteiger partial charge < -0.3 is 4.74 Å². The molecule has 0 amide bonds. The molecule has 0 fully saturated rings. The van der Waals surface area contributed by atoms with Gasteiger partial charge in [-0.3, -0.25) is 0 Å². The zero-order valence-electron chi connectivity index (χ0n) is 9.59. The molecular weight excluding hydrogens is 186 g/mol. The summed E-state index contributed by atoms with van der Waals surface area (Å²) < 4.78 is 5.22. The standard InChI is InChI=1S/C13H15NO/c1-9-7-10(2)13(11(3)8-9)12(15-4)5-6-14/h5,7-8H,1-4H3. The number of benzene rings is 1. The molecule has 78 valence electrons. The Morgan fingerprint density at radius 2 is 1.80 bits per heavy atom. The molecule has 0 aliphatic heterocycles. The van der Waals surface area contributed by atoms with Crippen LogP contribution in [0.3, 0.4) is 0 Å². The number of hydrogen-bond acceptors (Lipinski definition) is 2. The monoisotopic (exact) mass is 201 g/mol. The Morgan fingerprint density at radius 1 is 1.27 bits per heavy atom. The molecule has 0 bridgehead atoms. The zero-order chi connectivity index (χ0) is 11.4. The first kappa shape index (κ1) is 11.3. The third kappa shape index (κ3) is 2.38. The van der Waals surface area contributed by atoms with Gasteiger partial charge in [-0.15, -0.1) is 0 Å². The van der Waals surface area contributed by atoms with Gasteiger partial charge in [0.25, 0.3) is 0 Å². The quantitative estimate of drug-likeness (QED) is 0.544. The van der Waals surface area contributed by atoms with E-state index in [4.69, 9.17) is 10.00 Å². The zero-order valence-corrected chi connectivity index (χ0v) is 9.59. The number of allylic oxidation sites excluding steroid dienone is 1. The smallest absolute Gasteiger partial charge is 0.137 e. The highest BCUT2D eigenvalue weighted by molar-refractivity contribution is 5.68. The number of nitrogens with zero attached hydrogens (tertiary/aromatic N) is 1. The van der Waals surface area contributed by atoms with Crippen molar-refractivity contribution in [1.29, 1.82) is 5.26 Å². The van der Waals surface area contributed by atoms with E-state index in [0.29, 0.717) is 5.76 Å². The fourth-order valence-electron chi connectivity index (χ4n) is 1.86. The van der Waals surface area contributed by atoms with Crippen LogP contribution >= 0.6 is 0 Å². The SMILES string of the molecule is COC(=CC#N)c1c(C)cc(C)cc1C. The Morgan fingerprint density at radius 3 is 2.20 bits per heavy atom. The van der Waals surface area contributed by atoms with E-state index < -0.39 is 0 Å². The number of aryl methyl sites for hydroxylation is 3. The fraction of sp³-hybridized carbons (Fsp3) is 0.308. The third-order valence-electron chi connectivity index (χ3n) is 2.34. The molecule has 0 radical (unpaired) electrons. The second-order valence-corrected chi connectivity index (χ2v) is 3.62. The maximum Gasteiger partial charge on any atom is 0.137 e. The minimum atomic E-state index is 0.632. The third-order valence-corrected chi connectivity index (χ3v) is 2.34. The first-order valence-electron chi connectivity index (χ1n) is 4.82. The average Bonchev–Trinajstić information content (AvgIpc) is 2.14. The molecule has 0 unspecified atom stereocenters. The molecule has 0 aromatic heterocycles. The highest BCUT2D eigenvalue weighted by Gasteiger charge is 2.09. The van der Waals surface area contributed by atoms with E-state index in [1.54, 1.807) is 7.11 Å². The van der Waals surface area contributed by atoms with Gasteiger partial charge in [0.05, 0.1) is 19.3 Å². The largest absolute Gasteiger partial charge is 0.495 e. The van der Waals surface area contributed by atoms with Crippen molar-refractivity contribution >= 4 is 5.76 Å². The number of ether oxygens (including phenoxy) is 1. The topological polar surface area (TPSA) is 33.0 Å². The van der Waals surface area contributed by atoms with Gasteiger partial charge in [0.15, 0.2) is 0 Å². The van der Waals surface area contributed by atoms with Crippen molar-refractivity contribution in [2.75, 3.05) is 7.11 Å². The van der Waals surface area contributed by atoms with Gasteiger partial charge in [0, 0.05) is 5.56 Å². The lowest BCUT2D eigenvalue weighted by Crippen LogP contribution is -1.96. The predicted molar refractivity (Wildman–Crippen MR) is 61.3 cm³/mol. The van der Waals surface area contributed by atoms with Crippen molar-refractivity contribution in [1.82, 2.24) is 0 Å². The minimum absolute atomic E-state index is 0.632. The Balaban J connectivity index is 3.37. The molecule has 0 aliphatic carbocycles. The molecule has 15 heavy (non-hydrogen) atoms. The second kappa shape index (κ2) is 4.65. The van der Waals surface area contributed by atoms with Gasteiger partial charge in [0.2, 0.25) is 0 Å². The molecule has 0 saturated heterocycles. The molecule has 1 aromatic carbocycles. The maximum atomic E-state index is 8.66. The molecule has 1 rings (SSSR count). The summed E-state index contributed by atoms with van der Waals surface area (Å²) in [4.78, 5) is 0. The highest BCUT2D eigenvalue weighted by atomic mass is 16.5. The van der Waals surface area contributed by atoms with Gasteiger partial charge in [-0.2, -0.15) is 5.26 Å². The summed E-state index contributed by atoms with van der Waals surface area (Å²) in [6, 6.07) is 6.18. The van der Waals surface area contributed by atoms with E-state index in [1.165, 1.54) is 11.6 Å². The van der Waals surface area contributed by atoms with Crippen LogP contribution in [0.2, 0.25) is 0 Å². The summed E-state index contributed by atoms with van der Waals surface area (Å²) in [6.07, 6.45) is 1.44. The normalized spacial score (nSPS) is 11.0. The highest BCUT2D eigenvalue weighted by Crippen LogP contribution is 2.24. The predicted octanol–water partition coefficient (Wildman–Crippen LogP) is 3.12. The summed E-state index contributed by atoms with van der Waals surface area (Å²) >= 11 is 0. The summed E-state index contributed by atoms with van der Waals surface area (Å²) in [6.45, 7) is 6.11. The lowest BCUT2D eigenvalue weighted by molar-refractivity contribution is 0.369. The lowest BCUT2D eigenvalue weighted by atomic mass is 9.98. The van der Waals surface area contributed by atoms with Gasteiger partial charge in [-0.1, -0.05) is 17.7 Å². The van der Waals surface area contributed by atoms with Crippen LogP contribution in [0.4, 0.5) is 0 Å². The molecule has 0 aliphatic rings. The molecule has 0 spiro atoms. The summed E-state index contributed by atoms with van der Waals surface area (Å²) in [5.74, 6) is 0.632. The van der Waals surface area contributed by atoms with Crippen molar-refractivity contribution in [3.05, 3.63) is 40.5 Å². The number of rotatable bonds is 2. The first-order chi connectivity index (χ1) is 7.10. The molecule has 2 nitrogen and oxygen atoms in total. The van der Waals surface area contributed by atoms with Crippen LogP contribution in [0.5, 0.6) is 0 Å². The Bertz CT molecular complexity index is 415. The van der Waals surface area contributed by atoms with E-state index in [0.717, 1.165) is 16.7 Å². The van der Waals surface area contributed by atoms with Gasteiger partial charge >= 0.3 is 0 Å². The lowest BCUT2D eigenvalue weighted by Gasteiger charge is -2.12. The Labute approximate surface area is 90.8 Å². The summed E-state index contributed by atoms with van der Waals surface area (Å²) in [5, 5.41) is 8.66. The van der Waals surface area contributed by atoms with E-state index in [1.807, 2.05) is 19.9 Å². The molecular formula is C13H15NO. The van der Waals surface area contributed by atoms with Crippen LogP contribution in [0.25, 0.3) is 5.76 Å². The van der Waals surface area contributed by atoms with Crippen molar-refractivity contribution < 1.29 is 4.74 Å². The minimum Gasteiger partial charge on any atom is -0.495 e. The number of hydrogen-bond donors (Lipinski definition) is 0. The van der Waals surface area contributed by atoms with Crippen LogP contribution in [0.1, 0.15) is 22.3 Å². The average molecular weight is 201 g/mol. The van der Waals surface area contributed by atoms with Crippen LogP contribution in [0, 0.1) is 32.1 Å². The van der Waals surface area contributed by atoms with Crippen LogP contribution in [-0.4, -0.2) is 7.11 Å². The fourth-order valence-corrected chi connectivity index (χ4v) is 1.86. The van der Waals surface area contributed by atoms with Crippen molar-refractivity contribution in [2.45, 2.75) is 20.8 Å². The number of methoxy groups -OCH3 is 1. The van der Waals surface area contributed by atoms with E-state index in [9.17, 15) is 0 Å². The molecule has 0 saturated carbocycles. The maximum absolute atomic E-state index is 8.66. The van der Waals surface area contributed by atoms with E-state index in [-0.39, 0.29) is 0 Å². The van der Waals surface area contributed by atoms with Crippen molar-refractivity contribution in [3.63, 3.8) is 0 Å². The number of nitriles is 1. The van der Waals surface area contributed by atoms with Gasteiger partial charge in [-0.05, 0) is 31.9 Å².